The van der Waals surface area contributed by atoms with E-state index < -0.39 is 0 Å². The minimum atomic E-state index is 0.144. The fourth-order valence-corrected chi connectivity index (χ4v) is 6.76. The van der Waals surface area contributed by atoms with Crippen LogP contribution in [0.4, 0.5) is 0 Å². The Balaban J connectivity index is 1.52. The zero-order chi connectivity index (χ0) is 31.2. The van der Waals surface area contributed by atoms with Gasteiger partial charge in [0.15, 0.2) is 0 Å². The maximum absolute atomic E-state index is 7.18. The summed E-state index contributed by atoms with van der Waals surface area (Å²) in [5, 5.41) is 0. The van der Waals surface area contributed by atoms with Crippen molar-refractivity contribution in [1.29, 1.82) is 0 Å². The first-order valence-corrected chi connectivity index (χ1v) is 16.2. The topological polar surface area (TPSA) is 9.23 Å². The van der Waals surface area contributed by atoms with Gasteiger partial charge >= 0.3 is 0 Å². The standard InChI is InChI=1S/C44H42O/c1-31(35-19-9-5-10-20-35)39-27-17-29-41(43(39)33(3)37-23-13-7-14-24-37)45-42-30-18-28-40(32(2)36-21-11-6-12-22-36)44(42)34(4)38-25-15-8-16-26-38/h5-34H,1-4H3. The van der Waals surface area contributed by atoms with Gasteiger partial charge in [-0.1, -0.05) is 173 Å². The van der Waals surface area contributed by atoms with Crippen LogP contribution in [-0.2, 0) is 0 Å². The van der Waals surface area contributed by atoms with Crippen LogP contribution in [0.25, 0.3) is 0 Å². The van der Waals surface area contributed by atoms with E-state index in [-0.39, 0.29) is 23.7 Å². The Labute approximate surface area is 269 Å². The summed E-state index contributed by atoms with van der Waals surface area (Å²) in [5.41, 5.74) is 10.2. The predicted octanol–water partition coefficient (Wildman–Crippen LogP) is 12.1. The summed E-state index contributed by atoms with van der Waals surface area (Å²) in [5.74, 6) is 2.54. The molecule has 0 bridgehead atoms. The van der Waals surface area contributed by atoms with Crippen LogP contribution in [0.2, 0.25) is 0 Å². The highest BCUT2D eigenvalue weighted by atomic mass is 16.5. The highest BCUT2D eigenvalue weighted by Crippen LogP contribution is 2.45. The quantitative estimate of drug-likeness (QED) is 0.155. The molecule has 6 aromatic rings. The van der Waals surface area contributed by atoms with Crippen molar-refractivity contribution in [1.82, 2.24) is 0 Å². The van der Waals surface area contributed by atoms with Crippen molar-refractivity contribution < 1.29 is 4.74 Å². The zero-order valence-corrected chi connectivity index (χ0v) is 26.7. The lowest BCUT2D eigenvalue weighted by molar-refractivity contribution is 0.463. The molecule has 0 radical (unpaired) electrons. The fraction of sp³-hybridized carbons (Fsp3) is 0.182. The van der Waals surface area contributed by atoms with Gasteiger partial charge in [0.2, 0.25) is 0 Å². The SMILES string of the molecule is CC(c1ccccc1)c1cccc(Oc2cccc(C(C)c3ccccc3)c2C(C)c2ccccc2)c1C(C)c1ccccc1. The molecule has 4 unspecified atom stereocenters. The number of hydrogen-bond donors (Lipinski definition) is 0. The number of ether oxygens (including phenoxy) is 1. The van der Waals surface area contributed by atoms with Crippen LogP contribution < -0.4 is 4.74 Å². The second-order valence-electron chi connectivity index (χ2n) is 12.1. The van der Waals surface area contributed by atoms with Gasteiger partial charge in [0.05, 0.1) is 0 Å². The lowest BCUT2D eigenvalue weighted by Gasteiger charge is -2.27. The van der Waals surface area contributed by atoms with E-state index >= 15 is 0 Å². The predicted molar refractivity (Wildman–Crippen MR) is 189 cm³/mol. The third-order valence-corrected chi connectivity index (χ3v) is 9.42. The van der Waals surface area contributed by atoms with Gasteiger partial charge in [-0.05, 0) is 45.5 Å². The summed E-state index contributed by atoms with van der Waals surface area (Å²) in [6, 6.07) is 56.3. The van der Waals surface area contributed by atoms with Gasteiger partial charge in [0.1, 0.15) is 11.5 Å². The largest absolute Gasteiger partial charge is 0.457 e. The molecular formula is C44H42O. The zero-order valence-electron chi connectivity index (χ0n) is 26.7. The van der Waals surface area contributed by atoms with Crippen molar-refractivity contribution in [3.63, 3.8) is 0 Å². The summed E-state index contributed by atoms with van der Waals surface area (Å²) < 4.78 is 7.18. The van der Waals surface area contributed by atoms with E-state index in [1.165, 1.54) is 44.5 Å². The average Bonchev–Trinajstić information content (AvgIpc) is 3.11. The summed E-state index contributed by atoms with van der Waals surface area (Å²) in [6.07, 6.45) is 0. The van der Waals surface area contributed by atoms with Crippen LogP contribution in [0.1, 0.15) is 95.9 Å². The van der Waals surface area contributed by atoms with Gasteiger partial charge in [-0.15, -0.1) is 0 Å². The Kier molecular flexibility index (Phi) is 9.27. The monoisotopic (exact) mass is 586 g/mol. The Hall–Kier alpha value is -4.88. The van der Waals surface area contributed by atoms with Crippen molar-refractivity contribution in [2.45, 2.75) is 51.4 Å². The normalized spacial score (nSPS) is 13.9. The van der Waals surface area contributed by atoms with Crippen molar-refractivity contribution in [2.24, 2.45) is 0 Å². The molecule has 0 aliphatic carbocycles. The van der Waals surface area contributed by atoms with Gasteiger partial charge in [-0.3, -0.25) is 0 Å². The molecule has 0 saturated heterocycles. The molecule has 0 N–H and O–H groups in total. The second-order valence-corrected chi connectivity index (χ2v) is 12.1. The van der Waals surface area contributed by atoms with E-state index in [0.717, 1.165) is 11.5 Å². The maximum Gasteiger partial charge on any atom is 0.131 e. The van der Waals surface area contributed by atoms with Gasteiger partial charge < -0.3 is 4.74 Å². The number of hydrogen-bond acceptors (Lipinski definition) is 1. The molecule has 0 aliphatic heterocycles. The fourth-order valence-electron chi connectivity index (χ4n) is 6.76. The molecule has 0 aliphatic rings. The highest BCUT2D eigenvalue weighted by molar-refractivity contribution is 5.55. The first-order chi connectivity index (χ1) is 22.0. The molecule has 0 fully saturated rings. The van der Waals surface area contributed by atoms with Gasteiger partial charge in [-0.25, -0.2) is 0 Å². The van der Waals surface area contributed by atoms with Crippen LogP contribution >= 0.6 is 0 Å². The van der Waals surface area contributed by atoms with Crippen LogP contribution in [0.15, 0.2) is 158 Å². The number of rotatable bonds is 10. The lowest BCUT2D eigenvalue weighted by atomic mass is 9.81. The number of benzene rings is 6. The Morgan fingerprint density at radius 1 is 0.311 bits per heavy atom. The van der Waals surface area contributed by atoms with Crippen LogP contribution in [-0.4, -0.2) is 0 Å². The molecule has 0 aromatic heterocycles. The van der Waals surface area contributed by atoms with Crippen molar-refractivity contribution in [3.05, 3.63) is 202 Å². The van der Waals surface area contributed by atoms with Crippen molar-refractivity contribution >= 4 is 0 Å². The van der Waals surface area contributed by atoms with Crippen molar-refractivity contribution in [2.75, 3.05) is 0 Å². The molecule has 6 rings (SSSR count). The minimum Gasteiger partial charge on any atom is -0.457 e. The molecule has 0 saturated carbocycles. The first-order valence-electron chi connectivity index (χ1n) is 16.2. The molecule has 45 heavy (non-hydrogen) atoms. The highest BCUT2D eigenvalue weighted by Gasteiger charge is 2.26. The Morgan fingerprint density at radius 3 is 0.911 bits per heavy atom. The average molecular weight is 587 g/mol. The first kappa shape index (κ1) is 30.2. The molecule has 4 atom stereocenters. The molecule has 0 spiro atoms. The van der Waals surface area contributed by atoms with Gasteiger partial charge in [0.25, 0.3) is 0 Å². The lowest BCUT2D eigenvalue weighted by Crippen LogP contribution is -2.10. The molecular weight excluding hydrogens is 544 g/mol. The van der Waals surface area contributed by atoms with Crippen LogP contribution in [0.5, 0.6) is 11.5 Å². The molecule has 0 amide bonds. The Morgan fingerprint density at radius 2 is 0.600 bits per heavy atom. The van der Waals surface area contributed by atoms with E-state index in [1.54, 1.807) is 0 Å². The second kappa shape index (κ2) is 13.8. The Bertz CT molecular complexity index is 1670. The molecule has 6 aromatic carbocycles. The van der Waals surface area contributed by atoms with E-state index in [4.69, 9.17) is 4.74 Å². The van der Waals surface area contributed by atoms with E-state index in [2.05, 4.69) is 185 Å². The maximum atomic E-state index is 7.18. The van der Waals surface area contributed by atoms with E-state index in [0.29, 0.717) is 0 Å². The summed E-state index contributed by atoms with van der Waals surface area (Å²) in [6.45, 7) is 9.22. The summed E-state index contributed by atoms with van der Waals surface area (Å²) >= 11 is 0. The third kappa shape index (κ3) is 6.49. The smallest absolute Gasteiger partial charge is 0.131 e. The van der Waals surface area contributed by atoms with Crippen LogP contribution in [0.3, 0.4) is 0 Å². The minimum absolute atomic E-state index is 0.144. The van der Waals surface area contributed by atoms with Crippen LogP contribution in [0, 0.1) is 0 Å². The molecule has 1 heteroatoms. The molecule has 1 nitrogen and oxygen atoms in total. The molecule has 224 valence electrons. The van der Waals surface area contributed by atoms with E-state index in [9.17, 15) is 0 Å². The van der Waals surface area contributed by atoms with Gasteiger partial charge in [-0.2, -0.15) is 0 Å². The summed E-state index contributed by atoms with van der Waals surface area (Å²) in [4.78, 5) is 0. The molecule has 0 heterocycles. The summed E-state index contributed by atoms with van der Waals surface area (Å²) in [7, 11) is 0. The van der Waals surface area contributed by atoms with Crippen molar-refractivity contribution in [3.8, 4) is 11.5 Å². The van der Waals surface area contributed by atoms with Gasteiger partial charge in [0, 0.05) is 34.8 Å². The third-order valence-electron chi connectivity index (χ3n) is 9.42. The van der Waals surface area contributed by atoms with E-state index in [1.807, 2.05) is 0 Å².